The van der Waals surface area contributed by atoms with E-state index >= 15 is 0 Å². The molecule has 0 N–H and O–H groups in total. The molecule has 0 spiro atoms. The lowest BCUT2D eigenvalue weighted by molar-refractivity contribution is 0.112. The van der Waals surface area contributed by atoms with Crippen molar-refractivity contribution in [2.45, 2.75) is 25.8 Å². The van der Waals surface area contributed by atoms with Crippen molar-refractivity contribution in [1.29, 1.82) is 0 Å². The Hall–Kier alpha value is -1.64. The van der Waals surface area contributed by atoms with Gasteiger partial charge in [0.05, 0.1) is 11.0 Å². The fourth-order valence-corrected chi connectivity index (χ4v) is 2.10. The molecule has 1 fully saturated rings. The lowest BCUT2D eigenvalue weighted by Gasteiger charge is -2.03. The first-order valence-corrected chi connectivity index (χ1v) is 5.23. The van der Waals surface area contributed by atoms with Crippen molar-refractivity contribution in [2.75, 3.05) is 0 Å². The van der Waals surface area contributed by atoms with Gasteiger partial charge in [0.1, 0.15) is 12.1 Å². The Bertz CT molecular complexity index is 538. The van der Waals surface area contributed by atoms with E-state index in [2.05, 4.69) is 9.55 Å². The van der Waals surface area contributed by atoms with Crippen molar-refractivity contribution in [1.82, 2.24) is 9.55 Å². The van der Waals surface area contributed by atoms with Gasteiger partial charge in [0, 0.05) is 11.6 Å². The van der Waals surface area contributed by atoms with Gasteiger partial charge in [-0.1, -0.05) is 0 Å². The lowest BCUT2D eigenvalue weighted by atomic mass is 10.2. The van der Waals surface area contributed by atoms with Gasteiger partial charge >= 0.3 is 0 Å². The van der Waals surface area contributed by atoms with Crippen molar-refractivity contribution in [2.24, 2.45) is 0 Å². The van der Waals surface area contributed by atoms with Crippen LogP contribution in [-0.2, 0) is 0 Å². The van der Waals surface area contributed by atoms with E-state index in [1.54, 1.807) is 0 Å². The Morgan fingerprint density at radius 1 is 1.47 bits per heavy atom. The minimum Gasteiger partial charge on any atom is -0.325 e. The van der Waals surface area contributed by atoms with Crippen LogP contribution in [0.5, 0.6) is 0 Å². The van der Waals surface area contributed by atoms with Crippen LogP contribution >= 0.6 is 0 Å². The molecular formula is C12H12N2O. The van der Waals surface area contributed by atoms with Crippen LogP contribution in [0.25, 0.3) is 11.0 Å². The molecule has 1 aliphatic carbocycles. The highest BCUT2D eigenvalue weighted by Crippen LogP contribution is 2.38. The SMILES string of the molecule is Cc1nc2cc(C=O)ccc2n1C1CC1. The molecule has 0 amide bonds. The third-order valence-electron chi connectivity index (χ3n) is 2.94. The Labute approximate surface area is 87.7 Å². The fraction of sp³-hybridized carbons (Fsp3) is 0.333. The van der Waals surface area contributed by atoms with E-state index in [1.165, 1.54) is 12.8 Å². The van der Waals surface area contributed by atoms with E-state index in [-0.39, 0.29) is 0 Å². The molecule has 3 heteroatoms. The first-order valence-electron chi connectivity index (χ1n) is 5.23. The molecule has 0 aliphatic heterocycles. The quantitative estimate of drug-likeness (QED) is 0.698. The molecule has 1 heterocycles. The normalized spacial score (nSPS) is 15.8. The fourth-order valence-electron chi connectivity index (χ4n) is 2.10. The molecule has 1 saturated carbocycles. The minimum atomic E-state index is 0.636. The monoisotopic (exact) mass is 200 g/mol. The molecule has 2 aromatic rings. The number of imidazole rings is 1. The molecule has 15 heavy (non-hydrogen) atoms. The molecule has 3 nitrogen and oxygen atoms in total. The van der Waals surface area contributed by atoms with Gasteiger partial charge in [-0.25, -0.2) is 4.98 Å². The molecule has 3 rings (SSSR count). The number of hydrogen-bond acceptors (Lipinski definition) is 2. The summed E-state index contributed by atoms with van der Waals surface area (Å²) < 4.78 is 2.28. The van der Waals surface area contributed by atoms with E-state index in [0.717, 1.165) is 23.1 Å². The predicted molar refractivity (Wildman–Crippen MR) is 58.1 cm³/mol. The van der Waals surface area contributed by atoms with E-state index in [0.29, 0.717) is 11.6 Å². The molecule has 0 bridgehead atoms. The average Bonchev–Trinajstić information content (AvgIpc) is 3.00. The Morgan fingerprint density at radius 3 is 2.93 bits per heavy atom. The standard InChI is InChI=1S/C12H12N2O/c1-8-13-11-6-9(7-15)2-5-12(11)14(8)10-3-4-10/h2,5-7,10H,3-4H2,1H3. The number of rotatable bonds is 2. The van der Waals surface area contributed by atoms with Crippen molar-refractivity contribution in [3.63, 3.8) is 0 Å². The summed E-state index contributed by atoms with van der Waals surface area (Å²) >= 11 is 0. The van der Waals surface area contributed by atoms with Gasteiger partial charge in [-0.15, -0.1) is 0 Å². The number of carbonyl (C=O) groups is 1. The van der Waals surface area contributed by atoms with E-state index in [9.17, 15) is 4.79 Å². The van der Waals surface area contributed by atoms with E-state index in [1.807, 2.05) is 25.1 Å². The molecular weight excluding hydrogens is 188 g/mol. The van der Waals surface area contributed by atoms with Crippen LogP contribution in [0.4, 0.5) is 0 Å². The number of aldehydes is 1. The summed E-state index contributed by atoms with van der Waals surface area (Å²) in [6.07, 6.45) is 3.37. The maximum absolute atomic E-state index is 10.7. The molecule has 0 radical (unpaired) electrons. The van der Waals surface area contributed by atoms with Gasteiger partial charge in [-0.05, 0) is 38.0 Å². The zero-order valence-electron chi connectivity index (χ0n) is 8.60. The van der Waals surface area contributed by atoms with Gasteiger partial charge in [0.15, 0.2) is 0 Å². The number of hydrogen-bond donors (Lipinski definition) is 0. The van der Waals surface area contributed by atoms with Crippen LogP contribution in [0.2, 0.25) is 0 Å². The van der Waals surface area contributed by atoms with Crippen molar-refractivity contribution < 1.29 is 4.79 Å². The Balaban J connectivity index is 2.27. The summed E-state index contributed by atoms with van der Waals surface area (Å²) in [7, 11) is 0. The topological polar surface area (TPSA) is 34.9 Å². The maximum Gasteiger partial charge on any atom is 0.150 e. The highest BCUT2D eigenvalue weighted by molar-refractivity contribution is 5.85. The van der Waals surface area contributed by atoms with Crippen LogP contribution in [0.3, 0.4) is 0 Å². The summed E-state index contributed by atoms with van der Waals surface area (Å²) in [5.41, 5.74) is 2.78. The maximum atomic E-state index is 10.7. The summed E-state index contributed by atoms with van der Waals surface area (Å²) in [6, 6.07) is 6.35. The number of fused-ring (bicyclic) bond motifs is 1. The molecule has 0 saturated heterocycles. The Kier molecular flexibility index (Phi) is 1.69. The summed E-state index contributed by atoms with van der Waals surface area (Å²) in [4.78, 5) is 15.1. The number of nitrogens with zero attached hydrogens (tertiary/aromatic N) is 2. The molecule has 76 valence electrons. The van der Waals surface area contributed by atoms with Gasteiger partial charge in [-0.2, -0.15) is 0 Å². The van der Waals surface area contributed by atoms with E-state index in [4.69, 9.17) is 0 Å². The molecule has 1 aliphatic rings. The summed E-state index contributed by atoms with van der Waals surface area (Å²) in [5, 5.41) is 0. The third-order valence-corrected chi connectivity index (χ3v) is 2.94. The van der Waals surface area contributed by atoms with Crippen molar-refractivity contribution >= 4 is 17.3 Å². The number of benzene rings is 1. The van der Waals surface area contributed by atoms with Crippen molar-refractivity contribution in [3.8, 4) is 0 Å². The zero-order valence-corrected chi connectivity index (χ0v) is 8.60. The highest BCUT2D eigenvalue weighted by Gasteiger charge is 2.26. The van der Waals surface area contributed by atoms with Gasteiger partial charge in [0.25, 0.3) is 0 Å². The van der Waals surface area contributed by atoms with E-state index < -0.39 is 0 Å². The second-order valence-corrected chi connectivity index (χ2v) is 4.13. The number of aryl methyl sites for hydroxylation is 1. The predicted octanol–water partition coefficient (Wildman–Crippen LogP) is 2.49. The van der Waals surface area contributed by atoms with Crippen LogP contribution in [-0.4, -0.2) is 15.8 Å². The average molecular weight is 200 g/mol. The van der Waals surface area contributed by atoms with Gasteiger partial charge in [0.2, 0.25) is 0 Å². The molecule has 1 aromatic heterocycles. The lowest BCUT2D eigenvalue weighted by Crippen LogP contribution is -1.95. The van der Waals surface area contributed by atoms with Crippen LogP contribution in [0.15, 0.2) is 18.2 Å². The number of aromatic nitrogens is 2. The summed E-state index contributed by atoms with van der Waals surface area (Å²) in [6.45, 7) is 2.03. The molecule has 0 unspecified atom stereocenters. The Morgan fingerprint density at radius 2 is 2.27 bits per heavy atom. The minimum absolute atomic E-state index is 0.636. The van der Waals surface area contributed by atoms with Gasteiger partial charge in [-0.3, -0.25) is 4.79 Å². The first kappa shape index (κ1) is 8.65. The zero-order chi connectivity index (χ0) is 10.4. The second-order valence-electron chi connectivity index (χ2n) is 4.13. The number of carbonyl (C=O) groups excluding carboxylic acids is 1. The van der Waals surface area contributed by atoms with Crippen LogP contribution < -0.4 is 0 Å². The van der Waals surface area contributed by atoms with Crippen molar-refractivity contribution in [3.05, 3.63) is 29.6 Å². The van der Waals surface area contributed by atoms with Crippen LogP contribution in [0, 0.1) is 6.92 Å². The molecule has 1 aromatic carbocycles. The second kappa shape index (κ2) is 2.92. The van der Waals surface area contributed by atoms with Crippen LogP contribution in [0.1, 0.15) is 35.1 Å². The summed E-state index contributed by atoms with van der Waals surface area (Å²) in [5.74, 6) is 1.05. The largest absolute Gasteiger partial charge is 0.325 e. The smallest absolute Gasteiger partial charge is 0.150 e. The van der Waals surface area contributed by atoms with Gasteiger partial charge < -0.3 is 4.57 Å². The highest BCUT2D eigenvalue weighted by atomic mass is 16.1. The first-order chi connectivity index (χ1) is 7.29. The molecule has 0 atom stereocenters. The third kappa shape index (κ3) is 1.27.